The van der Waals surface area contributed by atoms with Crippen LogP contribution in [0.15, 0.2) is 23.9 Å². The van der Waals surface area contributed by atoms with E-state index in [-0.39, 0.29) is 0 Å². The highest BCUT2D eigenvalue weighted by molar-refractivity contribution is 5.70. The van der Waals surface area contributed by atoms with Crippen LogP contribution in [0.4, 0.5) is 4.79 Å². The molecule has 4 heteroatoms. The number of carbonyl (C=O) groups excluding carboxylic acids is 1. The maximum Gasteiger partial charge on any atom is 0.414 e. The third-order valence-corrected chi connectivity index (χ3v) is 1.53. The highest BCUT2D eigenvalue weighted by atomic mass is 16.6. The van der Waals surface area contributed by atoms with Crippen LogP contribution in [0.25, 0.3) is 0 Å². The fourth-order valence-corrected chi connectivity index (χ4v) is 0.957. The molecule has 0 saturated heterocycles. The monoisotopic (exact) mass is 178 g/mol. The second-order valence-corrected chi connectivity index (χ2v) is 2.45. The van der Waals surface area contributed by atoms with Crippen molar-refractivity contribution >= 4 is 6.09 Å². The predicted octanol–water partition coefficient (Wildman–Crippen LogP) is 1.42. The van der Waals surface area contributed by atoms with Crippen molar-refractivity contribution < 1.29 is 9.53 Å². The smallest absolute Gasteiger partial charge is 0.414 e. The SMILES string of the molecule is CCOC(=O)N1C=C(C#N)C=CC1. The summed E-state index contributed by atoms with van der Waals surface area (Å²) in [7, 11) is 0. The van der Waals surface area contributed by atoms with Gasteiger partial charge in [-0.3, -0.25) is 4.90 Å². The molecule has 0 unspecified atom stereocenters. The lowest BCUT2D eigenvalue weighted by atomic mass is 10.2. The van der Waals surface area contributed by atoms with Crippen molar-refractivity contribution in [2.75, 3.05) is 13.2 Å². The fourth-order valence-electron chi connectivity index (χ4n) is 0.957. The number of hydrogen-bond acceptors (Lipinski definition) is 3. The normalized spacial score (nSPS) is 14.8. The maximum atomic E-state index is 11.2. The Kier molecular flexibility index (Phi) is 3.09. The Morgan fingerprint density at radius 3 is 3.23 bits per heavy atom. The molecule has 1 aliphatic rings. The van der Waals surface area contributed by atoms with Gasteiger partial charge < -0.3 is 4.74 Å². The van der Waals surface area contributed by atoms with Crippen molar-refractivity contribution in [2.24, 2.45) is 0 Å². The molecule has 0 radical (unpaired) electrons. The average molecular weight is 178 g/mol. The molecule has 1 aliphatic heterocycles. The van der Waals surface area contributed by atoms with Gasteiger partial charge in [0.2, 0.25) is 0 Å². The first-order valence-electron chi connectivity index (χ1n) is 3.99. The van der Waals surface area contributed by atoms with Gasteiger partial charge in [-0.25, -0.2) is 4.79 Å². The minimum absolute atomic E-state index is 0.342. The van der Waals surface area contributed by atoms with E-state index in [1.54, 1.807) is 19.1 Å². The molecule has 0 aromatic rings. The van der Waals surface area contributed by atoms with Gasteiger partial charge in [-0.15, -0.1) is 0 Å². The number of nitriles is 1. The van der Waals surface area contributed by atoms with Gasteiger partial charge in [0, 0.05) is 12.7 Å². The predicted molar refractivity (Wildman–Crippen MR) is 46.6 cm³/mol. The Hall–Kier alpha value is -1.76. The highest BCUT2D eigenvalue weighted by Gasteiger charge is 2.13. The van der Waals surface area contributed by atoms with Gasteiger partial charge in [0.25, 0.3) is 0 Å². The van der Waals surface area contributed by atoms with E-state index in [1.165, 1.54) is 11.1 Å². The first-order valence-corrected chi connectivity index (χ1v) is 3.99. The third-order valence-electron chi connectivity index (χ3n) is 1.53. The van der Waals surface area contributed by atoms with E-state index in [1.807, 2.05) is 6.07 Å². The summed E-state index contributed by atoms with van der Waals surface area (Å²) in [6.07, 6.45) is 4.49. The summed E-state index contributed by atoms with van der Waals surface area (Å²) in [5.41, 5.74) is 0.458. The number of nitrogens with zero attached hydrogens (tertiary/aromatic N) is 2. The van der Waals surface area contributed by atoms with Crippen molar-refractivity contribution in [1.29, 1.82) is 5.26 Å². The zero-order valence-electron chi connectivity index (χ0n) is 7.36. The van der Waals surface area contributed by atoms with Gasteiger partial charge in [0.15, 0.2) is 0 Å². The van der Waals surface area contributed by atoms with Crippen LogP contribution in [0.5, 0.6) is 0 Å². The lowest BCUT2D eigenvalue weighted by Gasteiger charge is -2.18. The Morgan fingerprint density at radius 1 is 1.85 bits per heavy atom. The molecule has 0 aliphatic carbocycles. The number of amides is 1. The molecule has 0 fully saturated rings. The molecule has 0 spiro atoms. The summed E-state index contributed by atoms with van der Waals surface area (Å²) >= 11 is 0. The molecule has 0 N–H and O–H groups in total. The minimum atomic E-state index is -0.417. The Bertz CT molecular complexity index is 299. The third kappa shape index (κ3) is 2.34. The van der Waals surface area contributed by atoms with Crippen LogP contribution in [-0.2, 0) is 4.74 Å². The number of rotatable bonds is 1. The van der Waals surface area contributed by atoms with Crippen LogP contribution in [-0.4, -0.2) is 24.1 Å². The fraction of sp³-hybridized carbons (Fsp3) is 0.333. The molecule has 0 bridgehead atoms. The van der Waals surface area contributed by atoms with Gasteiger partial charge >= 0.3 is 6.09 Å². The van der Waals surface area contributed by atoms with Gasteiger partial charge in [-0.05, 0) is 13.0 Å². The van der Waals surface area contributed by atoms with Crippen molar-refractivity contribution in [1.82, 2.24) is 4.90 Å². The van der Waals surface area contributed by atoms with Crippen molar-refractivity contribution in [2.45, 2.75) is 6.92 Å². The average Bonchev–Trinajstić information content (AvgIpc) is 2.18. The van der Waals surface area contributed by atoms with Crippen LogP contribution in [0.1, 0.15) is 6.92 Å². The van der Waals surface area contributed by atoms with E-state index < -0.39 is 6.09 Å². The van der Waals surface area contributed by atoms with Gasteiger partial charge in [-0.1, -0.05) is 6.08 Å². The van der Waals surface area contributed by atoms with Crippen molar-refractivity contribution in [3.05, 3.63) is 23.9 Å². The van der Waals surface area contributed by atoms with Crippen molar-refractivity contribution in [3.63, 3.8) is 0 Å². The van der Waals surface area contributed by atoms with Gasteiger partial charge in [0.05, 0.1) is 12.2 Å². The standard InChI is InChI=1S/C9H10N2O2/c1-2-13-9(12)11-5-3-4-8(6-10)7-11/h3-4,7H,2,5H2,1H3. The van der Waals surface area contributed by atoms with E-state index in [9.17, 15) is 4.79 Å². The topological polar surface area (TPSA) is 53.3 Å². The summed E-state index contributed by atoms with van der Waals surface area (Å²) in [6, 6.07) is 1.96. The molecule has 0 saturated carbocycles. The summed E-state index contributed by atoms with van der Waals surface area (Å²) in [5, 5.41) is 8.57. The molecule has 68 valence electrons. The van der Waals surface area contributed by atoms with Gasteiger partial charge in [0.1, 0.15) is 6.07 Å². The molecule has 1 heterocycles. The molecular weight excluding hydrogens is 168 g/mol. The van der Waals surface area contributed by atoms with Crippen LogP contribution < -0.4 is 0 Å². The number of ether oxygens (including phenoxy) is 1. The molecule has 4 nitrogen and oxygen atoms in total. The first-order chi connectivity index (χ1) is 6.27. The largest absolute Gasteiger partial charge is 0.449 e. The Morgan fingerprint density at radius 2 is 2.62 bits per heavy atom. The highest BCUT2D eigenvalue weighted by Crippen LogP contribution is 2.07. The molecule has 1 amide bonds. The lowest BCUT2D eigenvalue weighted by molar-refractivity contribution is 0.125. The second kappa shape index (κ2) is 4.31. The van der Waals surface area contributed by atoms with Gasteiger partial charge in [-0.2, -0.15) is 5.26 Å². The number of hydrogen-bond donors (Lipinski definition) is 0. The lowest BCUT2D eigenvalue weighted by Crippen LogP contribution is -2.28. The van der Waals surface area contributed by atoms with Crippen LogP contribution >= 0.6 is 0 Å². The van der Waals surface area contributed by atoms with E-state index in [4.69, 9.17) is 10.00 Å². The number of allylic oxidation sites excluding steroid dienone is 2. The summed E-state index contributed by atoms with van der Waals surface area (Å²) in [5.74, 6) is 0. The summed E-state index contributed by atoms with van der Waals surface area (Å²) in [6.45, 7) is 2.55. The zero-order chi connectivity index (χ0) is 9.68. The second-order valence-electron chi connectivity index (χ2n) is 2.45. The van der Waals surface area contributed by atoms with Crippen LogP contribution in [0.2, 0.25) is 0 Å². The summed E-state index contributed by atoms with van der Waals surface area (Å²) < 4.78 is 4.77. The first kappa shape index (κ1) is 9.33. The van der Waals surface area contributed by atoms with Crippen LogP contribution in [0, 0.1) is 11.3 Å². The maximum absolute atomic E-state index is 11.2. The van der Waals surface area contributed by atoms with E-state index >= 15 is 0 Å². The zero-order valence-corrected chi connectivity index (χ0v) is 7.36. The number of carbonyl (C=O) groups is 1. The minimum Gasteiger partial charge on any atom is -0.449 e. The molecule has 0 aromatic carbocycles. The quantitative estimate of drug-likeness (QED) is 0.610. The summed E-state index contributed by atoms with van der Waals surface area (Å²) in [4.78, 5) is 12.5. The van der Waals surface area contributed by atoms with Crippen molar-refractivity contribution in [3.8, 4) is 6.07 Å². The van der Waals surface area contributed by atoms with Crippen LogP contribution in [0.3, 0.4) is 0 Å². The molecule has 13 heavy (non-hydrogen) atoms. The molecule has 0 atom stereocenters. The Balaban J connectivity index is 2.64. The molecular formula is C9H10N2O2. The Labute approximate surface area is 76.7 Å². The molecule has 0 aromatic heterocycles. The van der Waals surface area contributed by atoms with E-state index in [0.717, 1.165) is 0 Å². The molecule has 1 rings (SSSR count). The van der Waals surface area contributed by atoms with E-state index in [2.05, 4.69) is 0 Å². The van der Waals surface area contributed by atoms with E-state index in [0.29, 0.717) is 18.7 Å².